The third-order valence-electron chi connectivity index (χ3n) is 2.39. The van der Waals surface area contributed by atoms with E-state index in [-0.39, 0.29) is 0 Å². The molecule has 0 fully saturated rings. The summed E-state index contributed by atoms with van der Waals surface area (Å²) in [6, 6.07) is 0. The fourth-order valence-electron chi connectivity index (χ4n) is 1.08. The van der Waals surface area contributed by atoms with E-state index in [4.69, 9.17) is 0 Å². The first kappa shape index (κ1) is 22.1. The van der Waals surface area contributed by atoms with Crippen LogP contribution >= 0.6 is 0 Å². The van der Waals surface area contributed by atoms with Crippen LogP contribution in [0.1, 0.15) is 13.3 Å². The van der Waals surface area contributed by atoms with Crippen LogP contribution < -0.4 is 0 Å². The average molecular weight is 378 g/mol. The maximum atomic E-state index is 12.9. The number of halogens is 13. The van der Waals surface area contributed by atoms with Crippen molar-refractivity contribution in [2.75, 3.05) is 6.61 Å². The van der Waals surface area contributed by atoms with Gasteiger partial charge in [-0.3, -0.25) is 0 Å². The summed E-state index contributed by atoms with van der Waals surface area (Å²) >= 11 is 0. The van der Waals surface area contributed by atoms with E-state index in [9.17, 15) is 57.1 Å². The minimum Gasteiger partial charge on any atom is -0.316 e. The van der Waals surface area contributed by atoms with Crippen molar-refractivity contribution < 1.29 is 61.8 Å². The van der Waals surface area contributed by atoms with Gasteiger partial charge < -0.3 is 4.74 Å². The van der Waals surface area contributed by atoms with Gasteiger partial charge in [0.25, 0.3) is 0 Å². The van der Waals surface area contributed by atoms with Crippen LogP contribution in [0.25, 0.3) is 0 Å². The van der Waals surface area contributed by atoms with Crippen LogP contribution in [-0.4, -0.2) is 42.6 Å². The smallest absolute Gasteiger partial charge is 0.316 e. The highest BCUT2D eigenvalue weighted by Gasteiger charge is 2.91. The lowest BCUT2D eigenvalue weighted by atomic mass is 9.97. The minimum atomic E-state index is -7.89. The van der Waals surface area contributed by atoms with Crippen molar-refractivity contribution in [2.45, 2.75) is 49.3 Å². The van der Waals surface area contributed by atoms with Crippen LogP contribution in [0.15, 0.2) is 0 Å². The Hall–Kier alpha value is -0.950. The molecule has 0 saturated carbocycles. The molecule has 0 rings (SSSR count). The van der Waals surface area contributed by atoms with Gasteiger partial charge >= 0.3 is 36.0 Å². The first-order valence-electron chi connectivity index (χ1n) is 5.41. The highest BCUT2D eigenvalue weighted by atomic mass is 19.4. The summed E-state index contributed by atoms with van der Waals surface area (Å²) < 4.78 is 166. The fraction of sp³-hybridized carbons (Fsp3) is 1.00. The summed E-state index contributed by atoms with van der Waals surface area (Å²) in [6.45, 7) is -0.390. The maximum absolute atomic E-state index is 12.9. The van der Waals surface area contributed by atoms with Gasteiger partial charge in [-0.25, -0.2) is 0 Å². The number of hydrogen-bond donors (Lipinski definition) is 0. The van der Waals surface area contributed by atoms with Crippen molar-refractivity contribution in [3.63, 3.8) is 0 Å². The Bertz CT molecular complexity index is 410. The molecule has 0 bridgehead atoms. The zero-order valence-corrected chi connectivity index (χ0v) is 10.7. The van der Waals surface area contributed by atoms with Crippen LogP contribution in [0.5, 0.6) is 0 Å². The summed E-state index contributed by atoms with van der Waals surface area (Å²) in [4.78, 5) is 0. The van der Waals surface area contributed by atoms with Crippen molar-refractivity contribution in [1.82, 2.24) is 0 Å². The van der Waals surface area contributed by atoms with Gasteiger partial charge in [0.15, 0.2) is 0 Å². The van der Waals surface area contributed by atoms with Crippen LogP contribution in [0.3, 0.4) is 0 Å². The van der Waals surface area contributed by atoms with E-state index < -0.39 is 49.0 Å². The van der Waals surface area contributed by atoms with Crippen LogP contribution in [-0.2, 0) is 4.74 Å². The number of hydrogen-bond acceptors (Lipinski definition) is 1. The SMILES string of the molecule is CCCOC(F)(F)C(F)(F)C(F)(F)C(F)(F)C(F)(F)C(F)(F)F. The Labute approximate surface area is 119 Å². The summed E-state index contributed by atoms with van der Waals surface area (Å²) in [5.41, 5.74) is 0. The zero-order valence-electron chi connectivity index (χ0n) is 10.7. The van der Waals surface area contributed by atoms with Gasteiger partial charge in [-0.1, -0.05) is 6.92 Å². The molecule has 0 aliphatic carbocycles. The molecule has 0 saturated heterocycles. The molecule has 0 atom stereocenters. The molecule has 0 N–H and O–H groups in total. The molecule has 0 spiro atoms. The van der Waals surface area contributed by atoms with E-state index in [1.807, 2.05) is 0 Å². The first-order valence-corrected chi connectivity index (χ1v) is 5.41. The van der Waals surface area contributed by atoms with E-state index >= 15 is 0 Å². The normalized spacial score (nSPS) is 15.9. The molecule has 0 aromatic rings. The van der Waals surface area contributed by atoms with Crippen molar-refractivity contribution in [3.05, 3.63) is 0 Å². The number of ether oxygens (including phenoxy) is 1. The molecule has 0 aromatic heterocycles. The van der Waals surface area contributed by atoms with Crippen LogP contribution in [0, 0.1) is 0 Å². The Morgan fingerprint density at radius 3 is 1.22 bits per heavy atom. The third-order valence-corrected chi connectivity index (χ3v) is 2.39. The minimum absolute atomic E-state index is 0.508. The molecule has 0 aromatic carbocycles. The molecule has 1 nitrogen and oxygen atoms in total. The van der Waals surface area contributed by atoms with Crippen molar-refractivity contribution in [1.29, 1.82) is 0 Å². The molecular formula is C9H7F13O. The van der Waals surface area contributed by atoms with Crippen LogP contribution in [0.2, 0.25) is 0 Å². The predicted molar refractivity (Wildman–Crippen MR) is 47.0 cm³/mol. The Kier molecular flexibility index (Phi) is 5.60. The third kappa shape index (κ3) is 3.18. The van der Waals surface area contributed by atoms with Gasteiger partial charge in [0.1, 0.15) is 0 Å². The molecule has 140 valence electrons. The van der Waals surface area contributed by atoms with Crippen LogP contribution in [0.4, 0.5) is 57.1 Å². The van der Waals surface area contributed by atoms with Gasteiger partial charge in [0, 0.05) is 0 Å². The monoisotopic (exact) mass is 378 g/mol. The molecule has 0 aliphatic rings. The van der Waals surface area contributed by atoms with Gasteiger partial charge in [-0.15, -0.1) is 0 Å². The fourth-order valence-corrected chi connectivity index (χ4v) is 1.08. The number of rotatable bonds is 7. The predicted octanol–water partition coefficient (Wildman–Crippen LogP) is 5.11. The molecule has 14 heteroatoms. The van der Waals surface area contributed by atoms with E-state index in [0.717, 1.165) is 6.92 Å². The van der Waals surface area contributed by atoms with Gasteiger partial charge in [-0.2, -0.15) is 57.1 Å². The summed E-state index contributed by atoms with van der Waals surface area (Å²) in [5.74, 6) is -30.8. The van der Waals surface area contributed by atoms with Gasteiger partial charge in [0.05, 0.1) is 6.61 Å². The van der Waals surface area contributed by atoms with E-state index in [1.54, 1.807) is 0 Å². The molecule has 0 heterocycles. The highest BCUT2D eigenvalue weighted by molar-refractivity contribution is 5.08. The molecule has 0 amide bonds. The topological polar surface area (TPSA) is 9.23 Å². The second-order valence-corrected chi connectivity index (χ2v) is 4.16. The summed E-state index contributed by atoms with van der Waals surface area (Å²) in [7, 11) is 0. The van der Waals surface area contributed by atoms with Gasteiger partial charge in [0.2, 0.25) is 0 Å². The Morgan fingerprint density at radius 1 is 0.565 bits per heavy atom. The molecule has 0 aliphatic heterocycles. The van der Waals surface area contributed by atoms with Crippen molar-refractivity contribution >= 4 is 0 Å². The lowest BCUT2D eigenvalue weighted by molar-refractivity contribution is -0.465. The molecule has 0 unspecified atom stereocenters. The van der Waals surface area contributed by atoms with Crippen molar-refractivity contribution in [2.24, 2.45) is 0 Å². The second kappa shape index (κ2) is 5.84. The first-order chi connectivity index (χ1) is 9.81. The maximum Gasteiger partial charge on any atom is 0.460 e. The van der Waals surface area contributed by atoms with Gasteiger partial charge in [-0.05, 0) is 6.42 Å². The quantitative estimate of drug-likeness (QED) is 0.560. The van der Waals surface area contributed by atoms with E-state index in [2.05, 4.69) is 4.74 Å². The Morgan fingerprint density at radius 2 is 0.913 bits per heavy atom. The molecule has 23 heavy (non-hydrogen) atoms. The van der Waals surface area contributed by atoms with E-state index in [0.29, 0.717) is 0 Å². The zero-order chi connectivity index (χ0) is 19.1. The Balaban J connectivity index is 6.03. The largest absolute Gasteiger partial charge is 0.460 e. The molecule has 0 radical (unpaired) electrons. The second-order valence-electron chi connectivity index (χ2n) is 4.16. The lowest BCUT2D eigenvalue weighted by Gasteiger charge is -2.39. The summed E-state index contributed by atoms with van der Waals surface area (Å²) in [6.07, 6.45) is -14.3. The van der Waals surface area contributed by atoms with Crippen molar-refractivity contribution in [3.8, 4) is 0 Å². The van der Waals surface area contributed by atoms with E-state index in [1.165, 1.54) is 0 Å². The summed E-state index contributed by atoms with van der Waals surface area (Å²) in [5, 5.41) is 0. The molecular weight excluding hydrogens is 371 g/mol. The highest BCUT2D eigenvalue weighted by Crippen LogP contribution is 2.60. The lowest BCUT2D eigenvalue weighted by Crippen LogP contribution is -2.70. The average Bonchev–Trinajstić information content (AvgIpc) is 2.34. The standard InChI is InChI=1S/C9H7F13O/c1-2-3-23-9(21,22)7(16,17)5(12,13)4(10,11)6(14,15)8(18,19)20/h2-3H2,1H3. The number of alkyl halides is 13.